The van der Waals surface area contributed by atoms with Gasteiger partial charge in [-0.25, -0.2) is 0 Å². The maximum Gasteiger partial charge on any atom is 0.288 e. The van der Waals surface area contributed by atoms with Gasteiger partial charge in [-0.3, -0.25) is 20.4 Å². The maximum absolute atomic E-state index is 10.9. The van der Waals surface area contributed by atoms with Gasteiger partial charge in [-0.2, -0.15) is 5.10 Å². The number of nitrogens with one attached hydrogen (secondary N) is 2. The molecule has 1 aliphatic rings. The van der Waals surface area contributed by atoms with Crippen molar-refractivity contribution in [1.29, 1.82) is 0 Å². The average molecular weight is 386 g/mol. The number of benzene rings is 1. The summed E-state index contributed by atoms with van der Waals surface area (Å²) in [5.74, 6) is 0. The fourth-order valence-electron chi connectivity index (χ4n) is 2.27. The number of halogens is 1. The van der Waals surface area contributed by atoms with Gasteiger partial charge in [0.1, 0.15) is 5.02 Å². The highest BCUT2D eigenvalue weighted by Crippen LogP contribution is 2.25. The lowest BCUT2D eigenvalue weighted by atomic mass is 10.1. The zero-order chi connectivity index (χ0) is 18.2. The molecule has 2 N–H and O–H groups in total. The summed E-state index contributed by atoms with van der Waals surface area (Å²) in [6, 6.07) is 4.54. The second-order valence-electron chi connectivity index (χ2n) is 5.44. The Bertz CT molecular complexity index is 665. The molecule has 1 fully saturated rings. The molecule has 25 heavy (non-hydrogen) atoms. The monoisotopic (exact) mass is 385 g/mol. The van der Waals surface area contributed by atoms with Crippen molar-refractivity contribution in [2.24, 2.45) is 5.10 Å². The standard InChI is InChI=1S/C15H20ClN5O3S/c1-11(12-2-3-13(16)14(10-12)21(22)23)18-19-15(25)17-4-5-20-6-8-24-9-7-20/h2-3,10H,4-9H2,1H3,(H2,17,19,25)/b18-11+. The molecule has 1 aliphatic heterocycles. The lowest BCUT2D eigenvalue weighted by Crippen LogP contribution is -2.42. The van der Waals surface area contributed by atoms with Gasteiger partial charge in [-0.1, -0.05) is 17.7 Å². The zero-order valence-corrected chi connectivity index (χ0v) is 15.4. The molecule has 0 bridgehead atoms. The van der Waals surface area contributed by atoms with Gasteiger partial charge in [0.25, 0.3) is 5.69 Å². The molecule has 1 heterocycles. The van der Waals surface area contributed by atoms with Gasteiger partial charge in [0.2, 0.25) is 0 Å². The number of morpholine rings is 1. The van der Waals surface area contributed by atoms with E-state index >= 15 is 0 Å². The Kier molecular flexibility index (Phi) is 7.51. The summed E-state index contributed by atoms with van der Waals surface area (Å²) < 4.78 is 5.30. The van der Waals surface area contributed by atoms with E-state index in [9.17, 15) is 10.1 Å². The van der Waals surface area contributed by atoms with Crippen molar-refractivity contribution in [3.8, 4) is 0 Å². The van der Waals surface area contributed by atoms with Crippen molar-refractivity contribution < 1.29 is 9.66 Å². The second kappa shape index (κ2) is 9.62. The third-order valence-electron chi connectivity index (χ3n) is 3.70. The third-order valence-corrected chi connectivity index (χ3v) is 4.26. The first-order chi connectivity index (χ1) is 12.0. The quantitative estimate of drug-likeness (QED) is 0.333. The van der Waals surface area contributed by atoms with Gasteiger partial charge in [0, 0.05) is 37.8 Å². The highest BCUT2D eigenvalue weighted by atomic mass is 35.5. The Hall–Kier alpha value is -1.81. The Morgan fingerprint density at radius 3 is 2.88 bits per heavy atom. The van der Waals surface area contributed by atoms with Crippen molar-refractivity contribution in [2.45, 2.75) is 6.92 Å². The van der Waals surface area contributed by atoms with Crippen LogP contribution in [0, 0.1) is 10.1 Å². The summed E-state index contributed by atoms with van der Waals surface area (Å²) in [7, 11) is 0. The lowest BCUT2D eigenvalue weighted by molar-refractivity contribution is -0.384. The van der Waals surface area contributed by atoms with Gasteiger partial charge in [-0.05, 0) is 25.2 Å². The van der Waals surface area contributed by atoms with Crippen molar-refractivity contribution in [3.63, 3.8) is 0 Å². The van der Waals surface area contributed by atoms with Crippen molar-refractivity contribution in [3.05, 3.63) is 38.9 Å². The Morgan fingerprint density at radius 2 is 2.20 bits per heavy atom. The highest BCUT2D eigenvalue weighted by Gasteiger charge is 2.14. The topological polar surface area (TPSA) is 92.0 Å². The molecule has 0 saturated carbocycles. The SMILES string of the molecule is C/C(=N\NC(=S)NCCN1CCOCC1)c1ccc(Cl)c([N+](=O)[O-])c1. The first kappa shape index (κ1) is 19.5. The van der Waals surface area contributed by atoms with Gasteiger partial charge >= 0.3 is 0 Å². The summed E-state index contributed by atoms with van der Waals surface area (Å²) >= 11 is 11.0. The van der Waals surface area contributed by atoms with Crippen LogP contribution in [0.25, 0.3) is 0 Å². The molecular formula is C15H20ClN5O3S. The molecule has 0 aliphatic carbocycles. The smallest absolute Gasteiger partial charge is 0.288 e. The fourth-order valence-corrected chi connectivity index (χ4v) is 2.60. The molecule has 0 spiro atoms. The van der Waals surface area contributed by atoms with E-state index in [-0.39, 0.29) is 10.7 Å². The van der Waals surface area contributed by atoms with Crippen LogP contribution in [-0.4, -0.2) is 60.0 Å². The zero-order valence-electron chi connectivity index (χ0n) is 13.8. The van der Waals surface area contributed by atoms with Crippen LogP contribution in [-0.2, 0) is 4.74 Å². The van der Waals surface area contributed by atoms with Gasteiger partial charge < -0.3 is 10.1 Å². The van der Waals surface area contributed by atoms with E-state index in [1.54, 1.807) is 13.0 Å². The second-order valence-corrected chi connectivity index (χ2v) is 6.26. The summed E-state index contributed by atoms with van der Waals surface area (Å²) in [5, 5.41) is 18.7. The summed E-state index contributed by atoms with van der Waals surface area (Å²) in [6.45, 7) is 6.68. The number of ether oxygens (including phenoxy) is 1. The number of thiocarbonyl (C=S) groups is 1. The predicted molar refractivity (Wildman–Crippen MR) is 101 cm³/mol. The van der Waals surface area contributed by atoms with Crippen molar-refractivity contribution in [2.75, 3.05) is 39.4 Å². The predicted octanol–water partition coefficient (Wildman–Crippen LogP) is 1.77. The van der Waals surface area contributed by atoms with Crippen LogP contribution in [0.15, 0.2) is 23.3 Å². The van der Waals surface area contributed by atoms with Crippen LogP contribution in [0.1, 0.15) is 12.5 Å². The van der Waals surface area contributed by atoms with E-state index in [2.05, 4.69) is 20.7 Å². The largest absolute Gasteiger partial charge is 0.379 e. The minimum Gasteiger partial charge on any atom is -0.379 e. The molecule has 0 amide bonds. The summed E-state index contributed by atoms with van der Waals surface area (Å²) in [6.07, 6.45) is 0. The molecule has 8 nitrogen and oxygen atoms in total. The van der Waals surface area contributed by atoms with E-state index in [0.29, 0.717) is 22.9 Å². The number of hydrogen-bond acceptors (Lipinski definition) is 6. The van der Waals surface area contributed by atoms with Gasteiger partial charge in [-0.15, -0.1) is 0 Å². The van der Waals surface area contributed by atoms with E-state index in [1.165, 1.54) is 12.1 Å². The van der Waals surface area contributed by atoms with Crippen LogP contribution in [0.4, 0.5) is 5.69 Å². The van der Waals surface area contributed by atoms with E-state index < -0.39 is 4.92 Å². The Balaban J connectivity index is 1.82. The lowest BCUT2D eigenvalue weighted by Gasteiger charge is -2.26. The number of nitro benzene ring substituents is 1. The number of nitrogens with zero attached hydrogens (tertiary/aromatic N) is 3. The molecule has 0 atom stereocenters. The first-order valence-electron chi connectivity index (χ1n) is 7.80. The van der Waals surface area contributed by atoms with Crippen LogP contribution in [0.2, 0.25) is 5.02 Å². The van der Waals surface area contributed by atoms with Crippen molar-refractivity contribution in [1.82, 2.24) is 15.6 Å². The average Bonchev–Trinajstić information content (AvgIpc) is 2.60. The molecule has 10 heteroatoms. The van der Waals surface area contributed by atoms with Crippen LogP contribution >= 0.6 is 23.8 Å². The number of hydrazone groups is 1. The third kappa shape index (κ3) is 6.20. The van der Waals surface area contributed by atoms with Gasteiger partial charge in [0.15, 0.2) is 5.11 Å². The molecule has 1 saturated heterocycles. The van der Waals surface area contributed by atoms with Crippen LogP contribution in [0.5, 0.6) is 0 Å². The molecule has 2 rings (SSSR count). The minimum absolute atomic E-state index is 0.0924. The summed E-state index contributed by atoms with van der Waals surface area (Å²) in [5.41, 5.74) is 3.76. The molecule has 1 aromatic rings. The number of nitro groups is 1. The van der Waals surface area contributed by atoms with Crippen LogP contribution < -0.4 is 10.7 Å². The molecule has 1 aromatic carbocycles. The normalized spacial score (nSPS) is 15.7. The molecule has 0 aromatic heterocycles. The van der Waals surface area contributed by atoms with Gasteiger partial charge in [0.05, 0.1) is 23.8 Å². The molecule has 0 unspecified atom stereocenters. The van der Waals surface area contributed by atoms with E-state index in [1.807, 2.05) is 0 Å². The molecular weight excluding hydrogens is 366 g/mol. The van der Waals surface area contributed by atoms with E-state index in [4.69, 9.17) is 28.6 Å². The Morgan fingerprint density at radius 1 is 1.48 bits per heavy atom. The molecule has 136 valence electrons. The van der Waals surface area contributed by atoms with Crippen LogP contribution in [0.3, 0.4) is 0 Å². The highest BCUT2D eigenvalue weighted by molar-refractivity contribution is 7.80. The maximum atomic E-state index is 10.9. The first-order valence-corrected chi connectivity index (χ1v) is 8.58. The Labute approximate surface area is 156 Å². The molecule has 0 radical (unpaired) electrons. The summed E-state index contributed by atoms with van der Waals surface area (Å²) in [4.78, 5) is 12.7. The fraction of sp³-hybridized carbons (Fsp3) is 0.467. The van der Waals surface area contributed by atoms with Crippen molar-refractivity contribution >= 4 is 40.3 Å². The number of hydrogen-bond donors (Lipinski definition) is 2. The van der Waals surface area contributed by atoms with E-state index in [0.717, 1.165) is 32.8 Å². The minimum atomic E-state index is -0.523. The number of rotatable bonds is 6.